The highest BCUT2D eigenvalue weighted by atomic mass is 16.2. The second-order valence-electron chi connectivity index (χ2n) is 6.70. The van der Waals surface area contributed by atoms with E-state index in [1.807, 2.05) is 59.2 Å². The van der Waals surface area contributed by atoms with E-state index in [-0.39, 0.29) is 11.8 Å². The van der Waals surface area contributed by atoms with Crippen molar-refractivity contribution >= 4 is 28.5 Å². The van der Waals surface area contributed by atoms with Crippen LogP contribution in [0.5, 0.6) is 0 Å². The Labute approximate surface area is 168 Å². The average Bonchev–Trinajstić information content (AvgIpc) is 3.19. The third-order valence-electron chi connectivity index (χ3n) is 4.64. The summed E-state index contributed by atoms with van der Waals surface area (Å²) in [6.45, 7) is 1.65. The van der Waals surface area contributed by atoms with Crippen LogP contribution < -0.4 is 10.6 Å². The smallest absolute Gasteiger partial charge is 0.251 e. The Kier molecular flexibility index (Phi) is 5.07. The fourth-order valence-corrected chi connectivity index (χ4v) is 3.06. The number of imidazole rings is 1. The predicted octanol–water partition coefficient (Wildman–Crippen LogP) is 3.78. The highest BCUT2D eigenvalue weighted by Gasteiger charge is 2.16. The molecule has 1 aromatic heterocycles. The molecule has 3 aromatic carbocycles. The van der Waals surface area contributed by atoms with Crippen LogP contribution in [0.1, 0.15) is 17.3 Å². The van der Waals surface area contributed by atoms with E-state index in [0.29, 0.717) is 11.3 Å². The second-order valence-corrected chi connectivity index (χ2v) is 6.70. The van der Waals surface area contributed by atoms with E-state index in [1.54, 1.807) is 37.5 Å². The Hall–Kier alpha value is -3.93. The largest absolute Gasteiger partial charge is 0.341 e. The quantitative estimate of drug-likeness (QED) is 0.550. The number of anilines is 1. The summed E-state index contributed by atoms with van der Waals surface area (Å²) in [6, 6.07) is 23.5. The molecule has 0 aliphatic carbocycles. The number of carbonyl (C=O) groups excluding carboxylic acids is 2. The molecule has 2 N–H and O–H groups in total. The molecule has 1 unspecified atom stereocenters. The van der Waals surface area contributed by atoms with Crippen molar-refractivity contribution in [3.63, 3.8) is 0 Å². The van der Waals surface area contributed by atoms with Crippen LogP contribution in [0.3, 0.4) is 0 Å². The van der Waals surface area contributed by atoms with Gasteiger partial charge in [0.2, 0.25) is 5.91 Å². The number of benzene rings is 3. The van der Waals surface area contributed by atoms with Gasteiger partial charge in [0.25, 0.3) is 5.91 Å². The molecule has 0 fully saturated rings. The molecular weight excluding hydrogens is 364 g/mol. The van der Waals surface area contributed by atoms with E-state index in [0.717, 1.165) is 16.7 Å². The van der Waals surface area contributed by atoms with Gasteiger partial charge in [0.05, 0.1) is 11.0 Å². The number of aromatic nitrogens is 2. The van der Waals surface area contributed by atoms with Gasteiger partial charge in [-0.05, 0) is 55.5 Å². The molecule has 0 aliphatic rings. The first-order chi connectivity index (χ1) is 14.1. The van der Waals surface area contributed by atoms with Gasteiger partial charge in [0.15, 0.2) is 0 Å². The van der Waals surface area contributed by atoms with Gasteiger partial charge in [-0.25, -0.2) is 4.98 Å². The van der Waals surface area contributed by atoms with Crippen molar-refractivity contribution in [2.45, 2.75) is 13.0 Å². The summed E-state index contributed by atoms with van der Waals surface area (Å²) in [5.74, 6) is -0.564. The number of carbonyl (C=O) groups is 2. The normalized spacial score (nSPS) is 11.8. The molecule has 4 aromatic rings. The first-order valence-corrected chi connectivity index (χ1v) is 9.31. The Balaban J connectivity index is 1.42. The van der Waals surface area contributed by atoms with Crippen molar-refractivity contribution in [3.8, 4) is 5.69 Å². The number of hydrogen-bond acceptors (Lipinski definition) is 3. The van der Waals surface area contributed by atoms with Crippen LogP contribution in [0.2, 0.25) is 0 Å². The number of rotatable bonds is 5. The molecule has 2 amide bonds. The molecule has 144 valence electrons. The predicted molar refractivity (Wildman–Crippen MR) is 113 cm³/mol. The molecule has 6 nitrogen and oxygen atoms in total. The molecule has 0 saturated carbocycles. The van der Waals surface area contributed by atoms with E-state index in [2.05, 4.69) is 15.6 Å². The van der Waals surface area contributed by atoms with Gasteiger partial charge >= 0.3 is 0 Å². The van der Waals surface area contributed by atoms with Gasteiger partial charge in [-0.2, -0.15) is 0 Å². The first-order valence-electron chi connectivity index (χ1n) is 9.31. The van der Waals surface area contributed by atoms with Crippen LogP contribution in [0.25, 0.3) is 16.7 Å². The maximum absolute atomic E-state index is 12.4. The van der Waals surface area contributed by atoms with Crippen molar-refractivity contribution in [1.82, 2.24) is 14.9 Å². The summed E-state index contributed by atoms with van der Waals surface area (Å²) < 4.78 is 1.99. The van der Waals surface area contributed by atoms with Crippen LogP contribution in [0, 0.1) is 0 Å². The third kappa shape index (κ3) is 4.01. The van der Waals surface area contributed by atoms with Crippen molar-refractivity contribution < 1.29 is 9.59 Å². The minimum Gasteiger partial charge on any atom is -0.341 e. The highest BCUT2D eigenvalue weighted by molar-refractivity contribution is 6.01. The Morgan fingerprint density at radius 2 is 1.59 bits per heavy atom. The minimum atomic E-state index is -0.667. The van der Waals surface area contributed by atoms with E-state index >= 15 is 0 Å². The summed E-state index contributed by atoms with van der Waals surface area (Å²) in [5, 5.41) is 5.54. The van der Waals surface area contributed by atoms with Crippen molar-refractivity contribution in [3.05, 3.63) is 90.8 Å². The first kappa shape index (κ1) is 18.4. The lowest BCUT2D eigenvalue weighted by molar-refractivity contribution is -0.117. The van der Waals surface area contributed by atoms with Gasteiger partial charge in [0, 0.05) is 16.9 Å². The number of nitrogens with zero attached hydrogens (tertiary/aromatic N) is 2. The molecule has 0 spiro atoms. The van der Waals surface area contributed by atoms with Crippen LogP contribution in [-0.2, 0) is 4.79 Å². The molecule has 0 radical (unpaired) electrons. The lowest BCUT2D eigenvalue weighted by Gasteiger charge is -2.14. The second kappa shape index (κ2) is 7.98. The molecule has 0 saturated heterocycles. The van der Waals surface area contributed by atoms with Crippen LogP contribution in [0.15, 0.2) is 85.2 Å². The van der Waals surface area contributed by atoms with Crippen LogP contribution in [-0.4, -0.2) is 27.4 Å². The topological polar surface area (TPSA) is 76.0 Å². The maximum Gasteiger partial charge on any atom is 0.251 e. The molecule has 6 heteroatoms. The summed E-state index contributed by atoms with van der Waals surface area (Å²) in [4.78, 5) is 29.0. The monoisotopic (exact) mass is 384 g/mol. The standard InChI is InChI=1S/C23H20N4O2/c1-16(25-23(29)17-7-3-2-4-8-17)22(28)26-18-11-13-19(14-12-18)27-15-24-20-9-5-6-10-21(20)27/h2-16H,1H3,(H,25,29)(H,26,28). The minimum absolute atomic E-state index is 0.282. The molecule has 4 rings (SSSR count). The summed E-state index contributed by atoms with van der Waals surface area (Å²) in [7, 11) is 0. The van der Waals surface area contributed by atoms with Gasteiger partial charge in [0.1, 0.15) is 12.4 Å². The Morgan fingerprint density at radius 1 is 0.897 bits per heavy atom. The number of amides is 2. The molecule has 0 aliphatic heterocycles. The summed E-state index contributed by atoms with van der Waals surface area (Å²) in [6.07, 6.45) is 1.78. The number of fused-ring (bicyclic) bond motifs is 1. The SMILES string of the molecule is CC(NC(=O)c1ccccc1)C(=O)Nc1ccc(-n2cnc3ccccc32)cc1. The molecule has 1 atom stereocenters. The molecule has 29 heavy (non-hydrogen) atoms. The highest BCUT2D eigenvalue weighted by Crippen LogP contribution is 2.19. The molecule has 0 bridgehead atoms. The van der Waals surface area contributed by atoms with Gasteiger partial charge in [-0.1, -0.05) is 30.3 Å². The van der Waals surface area contributed by atoms with Crippen LogP contribution in [0.4, 0.5) is 5.69 Å². The van der Waals surface area contributed by atoms with Crippen molar-refractivity contribution in [1.29, 1.82) is 0 Å². The van der Waals surface area contributed by atoms with Crippen LogP contribution >= 0.6 is 0 Å². The number of nitrogens with one attached hydrogen (secondary N) is 2. The Morgan fingerprint density at radius 3 is 2.34 bits per heavy atom. The van der Waals surface area contributed by atoms with Crippen molar-refractivity contribution in [2.75, 3.05) is 5.32 Å². The van der Waals surface area contributed by atoms with E-state index in [4.69, 9.17) is 0 Å². The van der Waals surface area contributed by atoms with E-state index in [1.165, 1.54) is 0 Å². The zero-order valence-corrected chi connectivity index (χ0v) is 15.9. The lowest BCUT2D eigenvalue weighted by Crippen LogP contribution is -2.41. The van der Waals surface area contributed by atoms with Gasteiger partial charge < -0.3 is 10.6 Å². The lowest BCUT2D eigenvalue weighted by atomic mass is 10.2. The summed E-state index contributed by atoms with van der Waals surface area (Å²) >= 11 is 0. The average molecular weight is 384 g/mol. The Bertz CT molecular complexity index is 1150. The third-order valence-corrected chi connectivity index (χ3v) is 4.64. The zero-order valence-electron chi connectivity index (χ0n) is 15.9. The van der Waals surface area contributed by atoms with Crippen molar-refractivity contribution in [2.24, 2.45) is 0 Å². The number of hydrogen-bond donors (Lipinski definition) is 2. The maximum atomic E-state index is 12.4. The number of para-hydroxylation sites is 2. The summed E-state index contributed by atoms with van der Waals surface area (Å²) in [5.41, 5.74) is 4.06. The van der Waals surface area contributed by atoms with E-state index < -0.39 is 6.04 Å². The van der Waals surface area contributed by atoms with E-state index in [9.17, 15) is 9.59 Å². The fraction of sp³-hybridized carbons (Fsp3) is 0.0870. The van der Waals surface area contributed by atoms with Gasteiger partial charge in [-0.15, -0.1) is 0 Å². The fourth-order valence-electron chi connectivity index (χ4n) is 3.06. The molecular formula is C23H20N4O2. The van der Waals surface area contributed by atoms with Gasteiger partial charge in [-0.3, -0.25) is 14.2 Å². The zero-order chi connectivity index (χ0) is 20.2. The molecule has 1 heterocycles.